The normalized spacial score (nSPS) is 15.2. The van der Waals surface area contributed by atoms with Crippen LogP contribution in [0.4, 0.5) is 24.9 Å². The zero-order valence-corrected chi connectivity index (χ0v) is 24.6. The molecule has 44 heavy (non-hydrogen) atoms. The van der Waals surface area contributed by atoms with Gasteiger partial charge in [-0.05, 0) is 60.4 Å². The molecule has 1 aliphatic rings. The first-order chi connectivity index (χ1) is 20.8. The second-order valence-electron chi connectivity index (χ2n) is 10.7. The number of pyridine rings is 1. The predicted molar refractivity (Wildman–Crippen MR) is 157 cm³/mol. The van der Waals surface area contributed by atoms with Gasteiger partial charge in [-0.2, -0.15) is 23.3 Å². The zero-order valence-electron chi connectivity index (χ0n) is 23.8. The molecule has 0 aliphatic heterocycles. The van der Waals surface area contributed by atoms with Crippen LogP contribution >= 0.6 is 0 Å². The molecule has 6 rings (SSSR count). The van der Waals surface area contributed by atoms with E-state index >= 15 is 0 Å². The van der Waals surface area contributed by atoms with Crippen molar-refractivity contribution in [3.05, 3.63) is 72.3 Å². The highest BCUT2D eigenvalue weighted by atomic mass is 32.2. The van der Waals surface area contributed by atoms with Gasteiger partial charge in [0, 0.05) is 17.7 Å². The Labute approximate surface area is 250 Å². The van der Waals surface area contributed by atoms with Crippen molar-refractivity contribution in [1.82, 2.24) is 29.7 Å². The molecular formula is C29H27F3N8O3S. The van der Waals surface area contributed by atoms with E-state index in [4.69, 9.17) is 10.5 Å². The summed E-state index contributed by atoms with van der Waals surface area (Å²) >= 11 is 0. The van der Waals surface area contributed by atoms with Gasteiger partial charge >= 0.3 is 6.18 Å². The molecule has 11 nitrogen and oxygen atoms in total. The van der Waals surface area contributed by atoms with Crippen LogP contribution in [0.5, 0.6) is 5.75 Å². The first-order valence-corrected chi connectivity index (χ1v) is 15.4. The summed E-state index contributed by atoms with van der Waals surface area (Å²) < 4.78 is 73.9. The van der Waals surface area contributed by atoms with Gasteiger partial charge in [0.15, 0.2) is 15.7 Å². The molecule has 1 unspecified atom stereocenters. The van der Waals surface area contributed by atoms with Crippen molar-refractivity contribution in [1.29, 1.82) is 0 Å². The van der Waals surface area contributed by atoms with E-state index in [-0.39, 0.29) is 52.2 Å². The fourth-order valence-corrected chi connectivity index (χ4v) is 5.96. The Morgan fingerprint density at radius 3 is 2.36 bits per heavy atom. The van der Waals surface area contributed by atoms with Crippen molar-refractivity contribution in [2.75, 3.05) is 24.4 Å². The molecule has 3 N–H and O–H groups in total. The number of fused-ring (bicyclic) bond motifs is 1. The molecule has 15 heteroatoms. The Morgan fingerprint density at radius 1 is 1.05 bits per heavy atom. The monoisotopic (exact) mass is 624 g/mol. The minimum Gasteiger partial charge on any atom is -0.495 e. The molecule has 3 aromatic heterocycles. The zero-order chi connectivity index (χ0) is 31.4. The molecule has 3 heterocycles. The number of nitrogens with two attached hydrogens (primary N) is 1. The molecule has 0 spiro atoms. The van der Waals surface area contributed by atoms with E-state index in [9.17, 15) is 21.6 Å². The summed E-state index contributed by atoms with van der Waals surface area (Å²) in [5.74, 6) is -0.573. The second kappa shape index (κ2) is 10.4. The van der Waals surface area contributed by atoms with Gasteiger partial charge in [0.1, 0.15) is 39.9 Å². The number of ether oxygens (including phenoxy) is 1. The molecule has 0 amide bonds. The van der Waals surface area contributed by atoms with Crippen LogP contribution in [0.1, 0.15) is 36.8 Å². The minimum atomic E-state index is -4.53. The van der Waals surface area contributed by atoms with E-state index in [1.54, 1.807) is 23.1 Å². The van der Waals surface area contributed by atoms with E-state index in [1.807, 2.05) is 31.2 Å². The van der Waals surface area contributed by atoms with Gasteiger partial charge in [0.25, 0.3) is 0 Å². The summed E-state index contributed by atoms with van der Waals surface area (Å²) in [5, 5.41) is 6.71. The number of hydrogen-bond donors (Lipinski definition) is 2. The molecule has 0 radical (unpaired) electrons. The standard InChI is InChI=1S/C29H27F3N8O3S/c1-16(17-4-7-19(8-5-17)40-15-34-14-35-40)20-13-21(18-6-9-22(43-2)23(12-18)44(3,41)42)36-25-24(20)37-27(33)38-26(25)39-28(10-11-28)29(30,31)32/h4-9,12-16H,10-11H2,1-3H3,(H3,33,37,38,39). The summed E-state index contributed by atoms with van der Waals surface area (Å²) in [6, 6.07) is 13.8. The van der Waals surface area contributed by atoms with Crippen LogP contribution in [-0.2, 0) is 9.84 Å². The van der Waals surface area contributed by atoms with Crippen LogP contribution in [-0.4, -0.2) is 63.2 Å². The Bertz CT molecular complexity index is 1980. The third-order valence-corrected chi connectivity index (χ3v) is 8.87. The third kappa shape index (κ3) is 5.27. The van der Waals surface area contributed by atoms with Crippen LogP contribution in [0.3, 0.4) is 0 Å². The van der Waals surface area contributed by atoms with Crippen molar-refractivity contribution in [3.63, 3.8) is 0 Å². The number of sulfone groups is 1. The van der Waals surface area contributed by atoms with Gasteiger partial charge < -0.3 is 15.8 Å². The van der Waals surface area contributed by atoms with Gasteiger partial charge in [-0.3, -0.25) is 0 Å². The lowest BCUT2D eigenvalue weighted by Gasteiger charge is -2.23. The lowest BCUT2D eigenvalue weighted by molar-refractivity contribution is -0.151. The van der Waals surface area contributed by atoms with Gasteiger partial charge in [-0.25, -0.2) is 28.1 Å². The number of nitrogens with zero attached hydrogens (tertiary/aromatic N) is 6. The molecule has 228 valence electrons. The first-order valence-electron chi connectivity index (χ1n) is 13.5. The highest BCUT2D eigenvalue weighted by Gasteiger charge is 2.64. The number of nitrogen functional groups attached to an aromatic ring is 1. The maximum atomic E-state index is 14.0. The van der Waals surface area contributed by atoms with Gasteiger partial charge in [0.2, 0.25) is 5.95 Å². The van der Waals surface area contributed by atoms with Crippen molar-refractivity contribution < 1.29 is 26.3 Å². The number of anilines is 2. The number of alkyl halides is 3. The number of nitrogens with one attached hydrogen (secondary N) is 1. The summed E-state index contributed by atoms with van der Waals surface area (Å²) in [7, 11) is -2.34. The number of methoxy groups -OCH3 is 1. The maximum Gasteiger partial charge on any atom is 0.411 e. The quantitative estimate of drug-likeness (QED) is 0.243. The molecule has 5 aromatic rings. The van der Waals surface area contributed by atoms with Crippen molar-refractivity contribution in [2.24, 2.45) is 0 Å². The largest absolute Gasteiger partial charge is 0.495 e. The summed E-state index contributed by atoms with van der Waals surface area (Å²) in [5.41, 5.74) is 7.19. The molecule has 1 atom stereocenters. The smallest absolute Gasteiger partial charge is 0.411 e. The number of hydrogen-bond acceptors (Lipinski definition) is 10. The molecule has 2 aromatic carbocycles. The Balaban J connectivity index is 1.55. The van der Waals surface area contributed by atoms with Crippen LogP contribution in [0, 0.1) is 0 Å². The molecule has 0 bridgehead atoms. The molecular weight excluding hydrogens is 597 g/mol. The first kappa shape index (κ1) is 29.3. The Kier molecular flexibility index (Phi) is 6.94. The minimum absolute atomic E-state index is 0.0568. The van der Waals surface area contributed by atoms with E-state index in [0.29, 0.717) is 16.8 Å². The fraction of sp³-hybridized carbons (Fsp3) is 0.276. The van der Waals surface area contributed by atoms with Crippen LogP contribution < -0.4 is 15.8 Å². The van der Waals surface area contributed by atoms with Crippen molar-refractivity contribution in [3.8, 4) is 22.7 Å². The average Bonchev–Trinajstić information content (AvgIpc) is 3.58. The third-order valence-electron chi connectivity index (χ3n) is 7.75. The van der Waals surface area contributed by atoms with E-state index in [1.165, 1.54) is 25.6 Å². The SMILES string of the molecule is COc1ccc(-c2cc(C(C)c3ccc(-n4cncn4)cc3)c3nc(N)nc(NC4(C(F)(F)F)CC4)c3n2)cc1S(C)(=O)=O. The molecule has 0 saturated heterocycles. The second-order valence-corrected chi connectivity index (χ2v) is 12.7. The van der Waals surface area contributed by atoms with Gasteiger partial charge in [-0.1, -0.05) is 19.1 Å². The summed E-state index contributed by atoms with van der Waals surface area (Å²) in [6.07, 6.45) is -0.723. The predicted octanol–water partition coefficient (Wildman–Crippen LogP) is 4.93. The van der Waals surface area contributed by atoms with E-state index in [2.05, 4.69) is 30.4 Å². The Morgan fingerprint density at radius 2 is 1.77 bits per heavy atom. The van der Waals surface area contributed by atoms with Gasteiger partial charge in [-0.15, -0.1) is 0 Å². The highest BCUT2D eigenvalue weighted by molar-refractivity contribution is 7.90. The van der Waals surface area contributed by atoms with Crippen molar-refractivity contribution in [2.45, 2.75) is 42.3 Å². The summed E-state index contributed by atoms with van der Waals surface area (Å²) in [6.45, 7) is 1.92. The van der Waals surface area contributed by atoms with Crippen LogP contribution in [0.25, 0.3) is 28.0 Å². The van der Waals surface area contributed by atoms with Crippen molar-refractivity contribution >= 4 is 32.6 Å². The average molecular weight is 625 g/mol. The lowest BCUT2D eigenvalue weighted by atomic mass is 9.91. The van der Waals surface area contributed by atoms with Gasteiger partial charge in [0.05, 0.1) is 18.5 Å². The van der Waals surface area contributed by atoms with Crippen LogP contribution in [0.2, 0.25) is 0 Å². The molecule has 1 saturated carbocycles. The Hall–Kier alpha value is -4.79. The summed E-state index contributed by atoms with van der Waals surface area (Å²) in [4.78, 5) is 17.1. The number of rotatable bonds is 8. The van der Waals surface area contributed by atoms with E-state index in [0.717, 1.165) is 17.5 Å². The topological polar surface area (TPSA) is 151 Å². The maximum absolute atomic E-state index is 14.0. The lowest BCUT2D eigenvalue weighted by Crippen LogP contribution is -2.39. The highest BCUT2D eigenvalue weighted by Crippen LogP contribution is 2.51. The van der Waals surface area contributed by atoms with E-state index < -0.39 is 21.6 Å². The fourth-order valence-electron chi connectivity index (χ4n) is 5.11. The number of halogens is 3. The van der Waals surface area contributed by atoms with Crippen LogP contribution in [0.15, 0.2) is 66.1 Å². The number of benzene rings is 2. The number of aromatic nitrogens is 6. The molecule has 1 aliphatic carbocycles. The molecule has 1 fully saturated rings.